The first-order valence-electron chi connectivity index (χ1n) is 5.68. The Balaban J connectivity index is 2.87. The zero-order valence-electron chi connectivity index (χ0n) is 10.6. The number of hydrogen-bond acceptors (Lipinski definition) is 3. The smallest absolute Gasteiger partial charge is 0.119 e. The normalized spacial score (nSPS) is 13.6. The van der Waals surface area contributed by atoms with E-state index in [2.05, 4.69) is 38.3 Å². The molecule has 1 atom stereocenters. The molecule has 1 aromatic carbocycles. The van der Waals surface area contributed by atoms with Gasteiger partial charge in [0.25, 0.3) is 0 Å². The monoisotopic (exact) mass is 222 g/mol. The van der Waals surface area contributed by atoms with Crippen LogP contribution in [0.3, 0.4) is 0 Å². The highest BCUT2D eigenvalue weighted by Gasteiger charge is 2.24. The second-order valence-electron chi connectivity index (χ2n) is 4.97. The fourth-order valence-corrected chi connectivity index (χ4v) is 1.77. The van der Waals surface area contributed by atoms with E-state index >= 15 is 0 Å². The maximum absolute atomic E-state index is 5.61. The minimum absolute atomic E-state index is 0.0852. The summed E-state index contributed by atoms with van der Waals surface area (Å²) in [6, 6.07) is 8.22. The SMILES string of the molecule is CCOc1ccc(C(NN)C(C)(C)C)cc1. The average Bonchev–Trinajstić information content (AvgIpc) is 2.20. The van der Waals surface area contributed by atoms with Gasteiger partial charge in [-0.3, -0.25) is 11.3 Å². The molecule has 0 aliphatic carbocycles. The second-order valence-corrected chi connectivity index (χ2v) is 4.97. The van der Waals surface area contributed by atoms with Crippen molar-refractivity contribution >= 4 is 0 Å². The number of hydrogen-bond donors (Lipinski definition) is 2. The Labute approximate surface area is 98.0 Å². The van der Waals surface area contributed by atoms with Crippen LogP contribution in [-0.2, 0) is 0 Å². The highest BCUT2D eigenvalue weighted by Crippen LogP contribution is 2.32. The largest absolute Gasteiger partial charge is 0.494 e. The van der Waals surface area contributed by atoms with Crippen molar-refractivity contribution in [3.8, 4) is 5.75 Å². The number of benzene rings is 1. The number of hydrazine groups is 1. The fourth-order valence-electron chi connectivity index (χ4n) is 1.77. The van der Waals surface area contributed by atoms with Crippen LogP contribution < -0.4 is 16.0 Å². The van der Waals surface area contributed by atoms with E-state index in [0.29, 0.717) is 6.61 Å². The molecule has 1 rings (SSSR count). The summed E-state index contributed by atoms with van der Waals surface area (Å²) in [5, 5.41) is 0. The number of nitrogens with one attached hydrogen (secondary N) is 1. The van der Waals surface area contributed by atoms with Gasteiger partial charge in [0, 0.05) is 0 Å². The van der Waals surface area contributed by atoms with E-state index in [1.807, 2.05) is 19.1 Å². The summed E-state index contributed by atoms with van der Waals surface area (Å²) < 4.78 is 5.41. The van der Waals surface area contributed by atoms with E-state index in [1.54, 1.807) is 0 Å². The minimum atomic E-state index is 0.0852. The van der Waals surface area contributed by atoms with Crippen LogP contribution in [0.25, 0.3) is 0 Å². The first-order chi connectivity index (χ1) is 7.49. The molecule has 3 nitrogen and oxygen atoms in total. The van der Waals surface area contributed by atoms with Crippen molar-refractivity contribution in [1.29, 1.82) is 0 Å². The van der Waals surface area contributed by atoms with Crippen molar-refractivity contribution in [2.24, 2.45) is 11.3 Å². The van der Waals surface area contributed by atoms with Crippen molar-refractivity contribution in [3.05, 3.63) is 29.8 Å². The Morgan fingerprint density at radius 3 is 2.19 bits per heavy atom. The van der Waals surface area contributed by atoms with Gasteiger partial charge in [-0.15, -0.1) is 0 Å². The molecular weight excluding hydrogens is 200 g/mol. The standard InChI is InChI=1S/C13H22N2O/c1-5-16-11-8-6-10(7-9-11)12(15-14)13(2,3)4/h6-9,12,15H,5,14H2,1-4H3. The maximum Gasteiger partial charge on any atom is 0.119 e. The van der Waals surface area contributed by atoms with Gasteiger partial charge in [0.05, 0.1) is 12.6 Å². The maximum atomic E-state index is 5.61. The highest BCUT2D eigenvalue weighted by atomic mass is 16.5. The molecule has 0 radical (unpaired) electrons. The zero-order valence-corrected chi connectivity index (χ0v) is 10.6. The highest BCUT2D eigenvalue weighted by molar-refractivity contribution is 5.29. The van der Waals surface area contributed by atoms with Crippen molar-refractivity contribution < 1.29 is 4.74 Å². The van der Waals surface area contributed by atoms with Gasteiger partial charge >= 0.3 is 0 Å². The summed E-state index contributed by atoms with van der Waals surface area (Å²) in [4.78, 5) is 0. The van der Waals surface area contributed by atoms with Gasteiger partial charge in [-0.05, 0) is 30.0 Å². The van der Waals surface area contributed by atoms with Gasteiger partial charge in [0.15, 0.2) is 0 Å². The average molecular weight is 222 g/mol. The zero-order chi connectivity index (χ0) is 12.2. The topological polar surface area (TPSA) is 47.3 Å². The summed E-state index contributed by atoms with van der Waals surface area (Å²) in [7, 11) is 0. The first-order valence-corrected chi connectivity index (χ1v) is 5.68. The molecule has 3 N–H and O–H groups in total. The van der Waals surface area contributed by atoms with Gasteiger partial charge < -0.3 is 4.74 Å². The van der Waals surface area contributed by atoms with Crippen molar-refractivity contribution in [1.82, 2.24) is 5.43 Å². The fraction of sp³-hybridized carbons (Fsp3) is 0.538. The minimum Gasteiger partial charge on any atom is -0.494 e. The van der Waals surface area contributed by atoms with Crippen molar-refractivity contribution in [2.45, 2.75) is 33.7 Å². The number of nitrogens with two attached hydrogens (primary N) is 1. The third-order valence-electron chi connectivity index (χ3n) is 2.56. The van der Waals surface area contributed by atoms with Gasteiger partial charge in [-0.2, -0.15) is 0 Å². The lowest BCUT2D eigenvalue weighted by atomic mass is 9.83. The predicted molar refractivity (Wildman–Crippen MR) is 67.1 cm³/mol. The van der Waals surface area contributed by atoms with Crippen LogP contribution in [0.4, 0.5) is 0 Å². The molecule has 0 aliphatic rings. The van der Waals surface area contributed by atoms with Gasteiger partial charge in [0.2, 0.25) is 0 Å². The Hall–Kier alpha value is -1.06. The molecule has 0 amide bonds. The van der Waals surface area contributed by atoms with Crippen LogP contribution in [0.15, 0.2) is 24.3 Å². The first kappa shape index (κ1) is 13.0. The van der Waals surface area contributed by atoms with Gasteiger partial charge in [0.1, 0.15) is 5.75 Å². The summed E-state index contributed by atoms with van der Waals surface area (Å²) >= 11 is 0. The molecule has 90 valence electrons. The Bertz CT molecular complexity index is 314. The number of ether oxygens (including phenoxy) is 1. The summed E-state index contributed by atoms with van der Waals surface area (Å²) in [5.41, 5.74) is 4.13. The molecule has 0 bridgehead atoms. The van der Waals surface area contributed by atoms with E-state index in [9.17, 15) is 0 Å². The second kappa shape index (κ2) is 5.32. The summed E-state index contributed by atoms with van der Waals surface area (Å²) in [6.07, 6.45) is 0. The molecule has 0 aromatic heterocycles. The molecule has 1 unspecified atom stereocenters. The lowest BCUT2D eigenvalue weighted by Gasteiger charge is -2.30. The van der Waals surface area contributed by atoms with Crippen LogP contribution in [-0.4, -0.2) is 6.61 Å². The van der Waals surface area contributed by atoms with Gasteiger partial charge in [-0.1, -0.05) is 32.9 Å². The Morgan fingerprint density at radius 2 is 1.81 bits per heavy atom. The van der Waals surface area contributed by atoms with Crippen LogP contribution in [0.5, 0.6) is 5.75 Å². The number of rotatable bonds is 4. The third kappa shape index (κ3) is 3.22. The van der Waals surface area contributed by atoms with E-state index in [1.165, 1.54) is 5.56 Å². The molecule has 16 heavy (non-hydrogen) atoms. The molecule has 0 saturated heterocycles. The molecule has 1 aromatic rings. The quantitative estimate of drug-likeness (QED) is 0.608. The predicted octanol–water partition coefficient (Wildman–Crippen LogP) is 2.64. The molecule has 0 saturated carbocycles. The summed E-state index contributed by atoms with van der Waals surface area (Å²) in [6.45, 7) is 9.15. The van der Waals surface area contributed by atoms with E-state index < -0.39 is 0 Å². The molecule has 0 fully saturated rings. The van der Waals surface area contributed by atoms with Crippen LogP contribution in [0, 0.1) is 5.41 Å². The lowest BCUT2D eigenvalue weighted by Crippen LogP contribution is -2.36. The Morgan fingerprint density at radius 1 is 1.25 bits per heavy atom. The molecule has 0 spiro atoms. The van der Waals surface area contributed by atoms with Crippen LogP contribution >= 0.6 is 0 Å². The van der Waals surface area contributed by atoms with E-state index in [4.69, 9.17) is 10.6 Å². The lowest BCUT2D eigenvalue weighted by molar-refractivity contribution is 0.275. The van der Waals surface area contributed by atoms with E-state index in [-0.39, 0.29) is 11.5 Å². The molecule has 3 heteroatoms. The van der Waals surface area contributed by atoms with E-state index in [0.717, 1.165) is 5.75 Å². The van der Waals surface area contributed by atoms with Crippen molar-refractivity contribution in [3.63, 3.8) is 0 Å². The Kier molecular flexibility index (Phi) is 4.33. The van der Waals surface area contributed by atoms with Gasteiger partial charge in [-0.25, -0.2) is 0 Å². The van der Waals surface area contributed by atoms with Crippen molar-refractivity contribution in [2.75, 3.05) is 6.61 Å². The third-order valence-corrected chi connectivity index (χ3v) is 2.56. The molecule has 0 aliphatic heterocycles. The molecular formula is C13H22N2O. The van der Waals surface area contributed by atoms with Crippen LogP contribution in [0.2, 0.25) is 0 Å². The molecule has 0 heterocycles. The summed E-state index contributed by atoms with van der Waals surface area (Å²) in [5.74, 6) is 6.51. The van der Waals surface area contributed by atoms with Crippen LogP contribution in [0.1, 0.15) is 39.3 Å².